The van der Waals surface area contributed by atoms with Gasteiger partial charge in [0.05, 0.1) is 18.2 Å². The molecule has 0 aromatic heterocycles. The lowest BCUT2D eigenvalue weighted by Gasteiger charge is -2.19. The third kappa shape index (κ3) is 2.89. The molecule has 0 amide bonds. The number of aromatic carboxylic acids is 1. The van der Waals surface area contributed by atoms with Crippen molar-refractivity contribution < 1.29 is 20.1 Å². The van der Waals surface area contributed by atoms with Crippen LogP contribution in [0.25, 0.3) is 10.4 Å². The van der Waals surface area contributed by atoms with Crippen molar-refractivity contribution in [2.24, 2.45) is 5.11 Å². The molecular formula is C10H12N4O4. The second-order valence-corrected chi connectivity index (χ2v) is 3.54. The van der Waals surface area contributed by atoms with Crippen LogP contribution < -0.4 is 5.73 Å². The first-order valence-electron chi connectivity index (χ1n) is 4.97. The molecule has 0 bridgehead atoms. The maximum absolute atomic E-state index is 11.0. The van der Waals surface area contributed by atoms with Gasteiger partial charge in [0, 0.05) is 16.2 Å². The summed E-state index contributed by atoms with van der Waals surface area (Å²) in [5.41, 5.74) is 13.4. The third-order valence-corrected chi connectivity index (χ3v) is 2.36. The SMILES string of the molecule is [N-]=[N+]=NCC(O)C(O)c1c(N)cccc1C(=O)O. The van der Waals surface area contributed by atoms with Gasteiger partial charge in [0.2, 0.25) is 0 Å². The first kappa shape index (κ1) is 13.8. The molecule has 1 aromatic carbocycles. The Hall–Kier alpha value is -2.28. The first-order chi connectivity index (χ1) is 8.49. The average molecular weight is 252 g/mol. The Labute approximate surface area is 102 Å². The maximum atomic E-state index is 11.0. The largest absolute Gasteiger partial charge is 0.478 e. The van der Waals surface area contributed by atoms with Crippen LogP contribution in [0.2, 0.25) is 0 Å². The molecule has 0 aliphatic carbocycles. The minimum atomic E-state index is -1.54. The van der Waals surface area contributed by atoms with E-state index in [9.17, 15) is 15.0 Å². The minimum absolute atomic E-state index is 0.0439. The number of azide groups is 1. The zero-order valence-corrected chi connectivity index (χ0v) is 9.26. The molecule has 0 fully saturated rings. The molecule has 1 aromatic rings. The number of benzene rings is 1. The van der Waals surface area contributed by atoms with Gasteiger partial charge < -0.3 is 21.1 Å². The highest BCUT2D eigenvalue weighted by atomic mass is 16.4. The fourth-order valence-corrected chi connectivity index (χ4v) is 1.51. The first-order valence-corrected chi connectivity index (χ1v) is 4.97. The standard InChI is InChI=1S/C10H12N4O4/c11-6-3-1-2-5(10(17)18)8(6)9(16)7(15)4-13-14-12/h1-3,7,9,15-16H,4,11H2,(H,17,18). The predicted molar refractivity (Wildman–Crippen MR) is 62.8 cm³/mol. The zero-order chi connectivity index (χ0) is 13.7. The zero-order valence-electron chi connectivity index (χ0n) is 9.26. The lowest BCUT2D eigenvalue weighted by molar-refractivity contribution is 0.0237. The van der Waals surface area contributed by atoms with Crippen LogP contribution in [-0.4, -0.2) is 33.9 Å². The Morgan fingerprint density at radius 1 is 1.50 bits per heavy atom. The van der Waals surface area contributed by atoms with Gasteiger partial charge >= 0.3 is 5.97 Å². The van der Waals surface area contributed by atoms with E-state index >= 15 is 0 Å². The van der Waals surface area contributed by atoms with Crippen LogP contribution in [0.1, 0.15) is 22.0 Å². The van der Waals surface area contributed by atoms with Gasteiger partial charge in [-0.1, -0.05) is 11.2 Å². The molecule has 0 aliphatic heterocycles. The van der Waals surface area contributed by atoms with Crippen LogP contribution in [-0.2, 0) is 0 Å². The summed E-state index contributed by atoms with van der Waals surface area (Å²) in [6, 6.07) is 4.09. The highest BCUT2D eigenvalue weighted by Crippen LogP contribution is 2.27. The van der Waals surface area contributed by atoms with Gasteiger partial charge in [0.1, 0.15) is 6.10 Å². The molecule has 8 heteroatoms. The van der Waals surface area contributed by atoms with E-state index in [0.717, 1.165) is 0 Å². The van der Waals surface area contributed by atoms with Gasteiger partial charge in [0.25, 0.3) is 0 Å². The fraction of sp³-hybridized carbons (Fsp3) is 0.300. The molecule has 5 N–H and O–H groups in total. The Bertz CT molecular complexity index is 499. The summed E-state index contributed by atoms with van der Waals surface area (Å²) < 4.78 is 0. The Morgan fingerprint density at radius 3 is 2.72 bits per heavy atom. The number of anilines is 1. The topological polar surface area (TPSA) is 153 Å². The van der Waals surface area contributed by atoms with Crippen molar-refractivity contribution in [3.8, 4) is 0 Å². The molecule has 0 saturated carbocycles. The lowest BCUT2D eigenvalue weighted by Crippen LogP contribution is -2.24. The van der Waals surface area contributed by atoms with Gasteiger partial charge in [-0.15, -0.1) is 0 Å². The van der Waals surface area contributed by atoms with Crippen molar-refractivity contribution in [3.63, 3.8) is 0 Å². The van der Waals surface area contributed by atoms with Gasteiger partial charge in [-0.3, -0.25) is 0 Å². The molecule has 2 unspecified atom stereocenters. The summed E-state index contributed by atoms with van der Waals surface area (Å²) in [5, 5.41) is 31.5. The average Bonchev–Trinajstić information content (AvgIpc) is 2.34. The summed E-state index contributed by atoms with van der Waals surface area (Å²) in [4.78, 5) is 13.4. The number of carboxylic acid groups (broad SMARTS) is 1. The van der Waals surface area contributed by atoms with Crippen LogP contribution in [0.5, 0.6) is 0 Å². The normalized spacial score (nSPS) is 13.4. The van der Waals surface area contributed by atoms with Gasteiger partial charge in [-0.05, 0) is 17.7 Å². The number of nitrogens with two attached hydrogens (primary N) is 1. The van der Waals surface area contributed by atoms with Crippen LogP contribution >= 0.6 is 0 Å². The van der Waals surface area contributed by atoms with E-state index in [1.807, 2.05) is 0 Å². The summed E-state index contributed by atoms with van der Waals surface area (Å²) in [6.07, 6.45) is -2.97. The van der Waals surface area contributed by atoms with E-state index in [1.54, 1.807) is 0 Å². The highest BCUT2D eigenvalue weighted by Gasteiger charge is 2.25. The number of nitrogen functional groups attached to an aromatic ring is 1. The van der Waals surface area contributed by atoms with Crippen molar-refractivity contribution in [2.45, 2.75) is 12.2 Å². The number of aliphatic hydroxyl groups excluding tert-OH is 2. The van der Waals surface area contributed by atoms with Gasteiger partial charge in [-0.25, -0.2) is 4.79 Å². The number of rotatable bonds is 5. The molecule has 2 atom stereocenters. The molecule has 0 heterocycles. The van der Waals surface area contributed by atoms with E-state index in [2.05, 4.69) is 10.0 Å². The van der Waals surface area contributed by atoms with Crippen molar-refractivity contribution in [1.29, 1.82) is 0 Å². The molecule has 0 saturated heterocycles. The Balaban J connectivity index is 3.14. The van der Waals surface area contributed by atoms with E-state index in [0.29, 0.717) is 0 Å². The van der Waals surface area contributed by atoms with Gasteiger partial charge in [0.15, 0.2) is 0 Å². The fourth-order valence-electron chi connectivity index (χ4n) is 1.51. The molecule has 96 valence electrons. The number of carbonyl (C=O) groups is 1. The predicted octanol–water partition coefficient (Wildman–Crippen LogP) is 0.672. The molecule has 0 aliphatic rings. The molecule has 1 rings (SSSR count). The smallest absolute Gasteiger partial charge is 0.336 e. The van der Waals surface area contributed by atoms with Crippen LogP contribution in [0.4, 0.5) is 5.69 Å². The second kappa shape index (κ2) is 5.87. The molecule has 0 spiro atoms. The Kier molecular flexibility index (Phi) is 4.50. The molecule has 8 nitrogen and oxygen atoms in total. The number of carboxylic acids is 1. The monoisotopic (exact) mass is 252 g/mol. The van der Waals surface area contributed by atoms with Crippen molar-refractivity contribution in [2.75, 3.05) is 12.3 Å². The number of aliphatic hydroxyl groups is 2. The van der Waals surface area contributed by atoms with Crippen molar-refractivity contribution in [3.05, 3.63) is 39.8 Å². The number of hydrogen-bond acceptors (Lipinski definition) is 5. The Morgan fingerprint density at radius 2 is 2.17 bits per heavy atom. The van der Waals surface area contributed by atoms with E-state index in [1.165, 1.54) is 18.2 Å². The van der Waals surface area contributed by atoms with Crippen LogP contribution in [0, 0.1) is 0 Å². The van der Waals surface area contributed by atoms with Crippen LogP contribution in [0.15, 0.2) is 23.3 Å². The maximum Gasteiger partial charge on any atom is 0.336 e. The van der Waals surface area contributed by atoms with Crippen molar-refractivity contribution in [1.82, 2.24) is 0 Å². The molecular weight excluding hydrogens is 240 g/mol. The van der Waals surface area contributed by atoms with Crippen molar-refractivity contribution >= 4 is 11.7 Å². The minimum Gasteiger partial charge on any atom is -0.478 e. The molecule has 18 heavy (non-hydrogen) atoms. The quantitative estimate of drug-likeness (QED) is 0.262. The van der Waals surface area contributed by atoms with Gasteiger partial charge in [-0.2, -0.15) is 0 Å². The summed E-state index contributed by atoms with van der Waals surface area (Å²) in [6.45, 7) is -0.384. The summed E-state index contributed by atoms with van der Waals surface area (Å²) in [5.74, 6) is -1.27. The second-order valence-electron chi connectivity index (χ2n) is 3.54. The number of hydrogen-bond donors (Lipinski definition) is 4. The number of nitrogens with zero attached hydrogens (tertiary/aromatic N) is 3. The third-order valence-electron chi connectivity index (χ3n) is 2.36. The van der Waals surface area contributed by atoms with Crippen LogP contribution in [0.3, 0.4) is 0 Å². The molecule has 0 radical (unpaired) electrons. The van der Waals surface area contributed by atoms with E-state index < -0.39 is 18.2 Å². The summed E-state index contributed by atoms with van der Waals surface area (Å²) in [7, 11) is 0. The summed E-state index contributed by atoms with van der Waals surface area (Å²) >= 11 is 0. The van der Waals surface area contributed by atoms with E-state index in [4.69, 9.17) is 16.4 Å². The van der Waals surface area contributed by atoms with E-state index in [-0.39, 0.29) is 23.4 Å². The highest BCUT2D eigenvalue weighted by molar-refractivity contribution is 5.91. The lowest BCUT2D eigenvalue weighted by atomic mass is 9.96.